The Balaban J connectivity index is 0.884. The monoisotopic (exact) mass is 723 g/mol. The predicted octanol–water partition coefficient (Wildman–Crippen LogP) is 4.69. The molecule has 0 aliphatic carbocycles. The number of fused-ring (bicyclic) bond motifs is 2. The average molecular weight is 724 g/mol. The highest BCUT2D eigenvalue weighted by Crippen LogP contribution is 2.37. The van der Waals surface area contributed by atoms with E-state index < -0.39 is 29.7 Å². The lowest BCUT2D eigenvalue weighted by Gasteiger charge is -2.34. The van der Waals surface area contributed by atoms with Gasteiger partial charge in [0.1, 0.15) is 18.2 Å². The van der Waals surface area contributed by atoms with Gasteiger partial charge in [-0.2, -0.15) is 0 Å². The van der Waals surface area contributed by atoms with E-state index in [1.807, 2.05) is 30.5 Å². The van der Waals surface area contributed by atoms with E-state index in [0.29, 0.717) is 49.6 Å². The number of imide groups is 2. The van der Waals surface area contributed by atoms with Crippen molar-refractivity contribution in [1.82, 2.24) is 25.1 Å². The van der Waals surface area contributed by atoms with Gasteiger partial charge in [0.2, 0.25) is 23.6 Å². The molecule has 2 aromatic heterocycles. The lowest BCUT2D eigenvalue weighted by atomic mass is 10.0. The molecule has 3 aliphatic heterocycles. The molecule has 5 heterocycles. The van der Waals surface area contributed by atoms with Gasteiger partial charge in [-0.3, -0.25) is 39.0 Å². The molecule has 0 saturated carbocycles. The third kappa shape index (κ3) is 6.52. The second kappa shape index (κ2) is 14.6. The first-order chi connectivity index (χ1) is 25.2. The molecule has 2 fully saturated rings. The van der Waals surface area contributed by atoms with Gasteiger partial charge in [-0.05, 0) is 61.1 Å². The summed E-state index contributed by atoms with van der Waals surface area (Å²) in [7, 11) is 0. The summed E-state index contributed by atoms with van der Waals surface area (Å²) in [6.07, 6.45) is 7.01. The lowest BCUT2D eigenvalue weighted by molar-refractivity contribution is -0.137. The molecule has 1 unspecified atom stereocenters. The molecule has 0 bridgehead atoms. The largest absolute Gasteiger partial charge is 0.384 e. The van der Waals surface area contributed by atoms with E-state index in [-0.39, 0.29) is 42.3 Å². The van der Waals surface area contributed by atoms with Gasteiger partial charge >= 0.3 is 0 Å². The van der Waals surface area contributed by atoms with Gasteiger partial charge in [0, 0.05) is 67.2 Å². The summed E-state index contributed by atoms with van der Waals surface area (Å²) >= 11 is 6.85. The van der Waals surface area contributed by atoms with E-state index >= 15 is 0 Å². The fraction of sp³-hybridized carbons (Fsp3) is 0.342. The number of hydrogen-bond acceptors (Lipinski definition) is 8. The highest BCUT2D eigenvalue weighted by atomic mass is 35.5. The SMILES string of the molecule is CCc1c[nH]c2ncc(-c3cccc(N4CCN(C(=O)CCCCCNc5cccc6c5C(=O)N(C5CCC(=O)NC5=O)C6=O)CC4=O)c3)c(Cl)c12. The molecule has 52 heavy (non-hydrogen) atoms. The van der Waals surface area contributed by atoms with Crippen molar-refractivity contribution in [3.63, 3.8) is 0 Å². The third-order valence-corrected chi connectivity index (χ3v) is 10.4. The highest BCUT2D eigenvalue weighted by Gasteiger charge is 2.45. The molecule has 2 saturated heterocycles. The molecule has 14 heteroatoms. The maximum absolute atomic E-state index is 13.3. The molecule has 0 spiro atoms. The number of aromatic amines is 1. The van der Waals surface area contributed by atoms with Crippen molar-refractivity contribution in [2.75, 3.05) is 36.4 Å². The number of anilines is 2. The van der Waals surface area contributed by atoms with Gasteiger partial charge in [0.15, 0.2) is 0 Å². The van der Waals surface area contributed by atoms with Crippen LogP contribution in [0.1, 0.15) is 71.7 Å². The summed E-state index contributed by atoms with van der Waals surface area (Å²) in [4.78, 5) is 88.6. The molecular formula is C38H38ClN7O6. The van der Waals surface area contributed by atoms with Gasteiger partial charge in [-0.25, -0.2) is 4.98 Å². The molecule has 7 rings (SSSR count). The highest BCUT2D eigenvalue weighted by molar-refractivity contribution is 6.38. The summed E-state index contributed by atoms with van der Waals surface area (Å²) in [6, 6.07) is 11.6. The number of pyridine rings is 1. The van der Waals surface area contributed by atoms with E-state index in [0.717, 1.165) is 51.2 Å². The van der Waals surface area contributed by atoms with Gasteiger partial charge in [0.05, 0.1) is 16.1 Å². The molecule has 1 atom stereocenters. The maximum Gasteiger partial charge on any atom is 0.264 e. The third-order valence-electron chi connectivity index (χ3n) is 9.99. The van der Waals surface area contributed by atoms with Gasteiger partial charge in [0.25, 0.3) is 11.8 Å². The van der Waals surface area contributed by atoms with Gasteiger partial charge < -0.3 is 20.1 Å². The maximum atomic E-state index is 13.3. The van der Waals surface area contributed by atoms with Crippen molar-refractivity contribution < 1.29 is 28.8 Å². The first-order valence-corrected chi connectivity index (χ1v) is 18.0. The number of nitrogens with one attached hydrogen (secondary N) is 3. The lowest BCUT2D eigenvalue weighted by Crippen LogP contribution is -2.54. The molecule has 6 amide bonds. The van der Waals surface area contributed by atoms with E-state index in [2.05, 4.69) is 27.5 Å². The summed E-state index contributed by atoms with van der Waals surface area (Å²) < 4.78 is 0. The molecular weight excluding hydrogens is 686 g/mol. The predicted molar refractivity (Wildman–Crippen MR) is 195 cm³/mol. The Hall–Kier alpha value is -5.56. The van der Waals surface area contributed by atoms with Crippen LogP contribution in [0.2, 0.25) is 5.02 Å². The van der Waals surface area contributed by atoms with Crippen LogP contribution in [0.4, 0.5) is 11.4 Å². The molecule has 13 nitrogen and oxygen atoms in total. The zero-order chi connectivity index (χ0) is 36.5. The molecule has 3 aliphatic rings. The van der Waals surface area contributed by atoms with Crippen LogP contribution in [0.25, 0.3) is 22.2 Å². The van der Waals surface area contributed by atoms with E-state index in [1.165, 1.54) is 0 Å². The van der Waals surface area contributed by atoms with E-state index in [1.54, 1.807) is 34.2 Å². The molecule has 0 radical (unpaired) electrons. The van der Waals surface area contributed by atoms with E-state index in [9.17, 15) is 28.8 Å². The number of piperidine rings is 1. The average Bonchev–Trinajstić information content (AvgIpc) is 3.68. The van der Waals surface area contributed by atoms with Crippen LogP contribution in [-0.2, 0) is 25.6 Å². The number of H-pyrrole nitrogens is 1. The summed E-state index contributed by atoms with van der Waals surface area (Å²) in [5, 5.41) is 6.96. The fourth-order valence-corrected chi connectivity index (χ4v) is 7.59. The molecule has 4 aromatic rings. The van der Waals surface area contributed by atoms with Crippen molar-refractivity contribution in [3.8, 4) is 11.1 Å². The summed E-state index contributed by atoms with van der Waals surface area (Å²) in [6.45, 7) is 3.38. The van der Waals surface area contributed by atoms with Crippen LogP contribution in [0, 0.1) is 0 Å². The van der Waals surface area contributed by atoms with Crippen molar-refractivity contribution in [3.05, 3.63) is 76.6 Å². The van der Waals surface area contributed by atoms with Crippen LogP contribution in [0.5, 0.6) is 0 Å². The van der Waals surface area contributed by atoms with Crippen LogP contribution in [-0.4, -0.2) is 87.4 Å². The number of nitrogens with zero attached hydrogens (tertiary/aromatic N) is 4. The first-order valence-electron chi connectivity index (χ1n) is 17.6. The zero-order valence-corrected chi connectivity index (χ0v) is 29.4. The number of rotatable bonds is 11. The number of unbranched alkanes of at least 4 members (excludes halogenated alkanes) is 2. The number of halogens is 1. The minimum absolute atomic E-state index is 0.00378. The van der Waals surface area contributed by atoms with Crippen LogP contribution in [0.15, 0.2) is 54.9 Å². The van der Waals surface area contributed by atoms with Crippen LogP contribution < -0.4 is 15.5 Å². The normalized spacial score (nSPS) is 17.6. The number of aryl methyl sites for hydroxylation is 1. The second-order valence-electron chi connectivity index (χ2n) is 13.2. The summed E-state index contributed by atoms with van der Waals surface area (Å²) in [5.74, 6) is -2.41. The van der Waals surface area contributed by atoms with Crippen LogP contribution >= 0.6 is 11.6 Å². The number of carbonyl (C=O) groups excluding carboxylic acids is 6. The number of carbonyl (C=O) groups is 6. The zero-order valence-electron chi connectivity index (χ0n) is 28.7. The molecule has 2 aromatic carbocycles. The second-order valence-corrected chi connectivity index (χ2v) is 13.6. The number of hydrogen-bond donors (Lipinski definition) is 3. The number of benzene rings is 2. The Kier molecular flexibility index (Phi) is 9.78. The molecule has 268 valence electrons. The van der Waals surface area contributed by atoms with Gasteiger partial charge in [-0.15, -0.1) is 0 Å². The number of aromatic nitrogens is 2. The van der Waals surface area contributed by atoms with Crippen molar-refractivity contribution in [1.29, 1.82) is 0 Å². The minimum atomic E-state index is -1.03. The van der Waals surface area contributed by atoms with Crippen molar-refractivity contribution in [2.45, 2.75) is 57.9 Å². The van der Waals surface area contributed by atoms with Crippen LogP contribution in [0.3, 0.4) is 0 Å². The van der Waals surface area contributed by atoms with Gasteiger partial charge in [-0.1, -0.05) is 43.1 Å². The Morgan fingerprint density at radius 3 is 2.62 bits per heavy atom. The first kappa shape index (κ1) is 34.9. The van der Waals surface area contributed by atoms with Crippen molar-refractivity contribution >= 4 is 69.5 Å². The minimum Gasteiger partial charge on any atom is -0.384 e. The standard InChI is InChI=1S/C38H38ClN7O6/c1-2-22-19-41-35-32(22)34(39)26(20-42-35)23-8-6-9-24(18-23)45-17-16-44(21-31(45)49)30(48)12-4-3-5-15-40-27-11-7-10-25-33(27)38(52)46(37(25)51)28-13-14-29(47)43-36(28)50/h6-11,18-20,28,40H,2-5,12-17,21H2,1H3,(H,41,42)(H,43,47,50). The summed E-state index contributed by atoms with van der Waals surface area (Å²) in [5.41, 5.74) is 5.13. The topological polar surface area (TPSA) is 165 Å². The van der Waals surface area contributed by atoms with Crippen molar-refractivity contribution in [2.24, 2.45) is 0 Å². The Morgan fingerprint density at radius 1 is 1.00 bits per heavy atom. The molecule has 3 N–H and O–H groups in total. The quantitative estimate of drug-likeness (QED) is 0.148. The Bertz CT molecular complexity index is 2130. The number of amides is 6. The fourth-order valence-electron chi connectivity index (χ4n) is 7.22. The Labute approximate surface area is 304 Å². The number of piperazine rings is 1. The smallest absolute Gasteiger partial charge is 0.264 e. The Morgan fingerprint density at radius 2 is 1.83 bits per heavy atom. The van der Waals surface area contributed by atoms with E-state index in [4.69, 9.17) is 11.6 Å².